The fraction of sp³-hybridized carbons (Fsp3) is 0.0588. The number of nitrogens with zero attached hydrogens (tertiary/aromatic N) is 2. The Morgan fingerprint density at radius 3 is 2.72 bits per heavy atom. The number of nitrogens with one attached hydrogen (secondary N) is 1. The predicted octanol–water partition coefficient (Wildman–Crippen LogP) is 4.55. The van der Waals surface area contributed by atoms with Crippen molar-refractivity contribution in [1.82, 2.24) is 4.98 Å². The van der Waals surface area contributed by atoms with E-state index in [1.165, 1.54) is 23.5 Å². The second kappa shape index (κ2) is 7.42. The minimum atomic E-state index is -0.454. The van der Waals surface area contributed by atoms with Crippen LogP contribution in [0, 0.1) is 10.1 Å². The molecule has 0 aliphatic carbocycles. The Bertz CT molecular complexity index is 925. The molecule has 0 spiro atoms. The summed E-state index contributed by atoms with van der Waals surface area (Å²) in [7, 11) is 0. The molecule has 1 N–H and O–H groups in total. The van der Waals surface area contributed by atoms with E-state index >= 15 is 0 Å². The molecule has 3 rings (SSSR count). The van der Waals surface area contributed by atoms with Crippen molar-refractivity contribution < 1.29 is 9.72 Å². The fourth-order valence-corrected chi connectivity index (χ4v) is 3.06. The summed E-state index contributed by atoms with van der Waals surface area (Å²) in [5, 5.41) is 16.4. The molecule has 0 saturated carbocycles. The molecule has 0 saturated heterocycles. The minimum absolute atomic E-state index is 0.00109. The van der Waals surface area contributed by atoms with Crippen LogP contribution in [0.5, 0.6) is 0 Å². The molecule has 0 aliphatic heterocycles. The van der Waals surface area contributed by atoms with Gasteiger partial charge in [-0.05, 0) is 17.7 Å². The first kappa shape index (κ1) is 17.1. The van der Waals surface area contributed by atoms with Gasteiger partial charge in [-0.3, -0.25) is 14.9 Å². The third kappa shape index (κ3) is 4.40. The second-order valence-corrected chi connectivity index (χ2v) is 6.49. The van der Waals surface area contributed by atoms with Gasteiger partial charge in [0.1, 0.15) is 0 Å². The Morgan fingerprint density at radius 2 is 2.00 bits per heavy atom. The summed E-state index contributed by atoms with van der Waals surface area (Å²) < 4.78 is 0. The molecule has 1 heterocycles. The number of carbonyl (C=O) groups excluding carboxylic acids is 1. The maximum absolute atomic E-state index is 12.1. The Labute approximate surface area is 152 Å². The lowest BCUT2D eigenvalue weighted by Gasteiger charge is -2.02. The fourth-order valence-electron chi connectivity index (χ4n) is 2.19. The third-order valence-corrected chi connectivity index (χ3v) is 4.39. The van der Waals surface area contributed by atoms with Crippen molar-refractivity contribution in [2.45, 2.75) is 6.42 Å². The van der Waals surface area contributed by atoms with Crippen LogP contribution in [0.15, 0.2) is 53.9 Å². The topological polar surface area (TPSA) is 85.1 Å². The molecule has 8 heteroatoms. The molecule has 25 heavy (non-hydrogen) atoms. The number of non-ortho nitro benzene ring substituents is 1. The van der Waals surface area contributed by atoms with Crippen LogP contribution in [0.2, 0.25) is 5.02 Å². The Balaban J connectivity index is 1.69. The first-order valence-corrected chi connectivity index (χ1v) is 8.52. The Kier molecular flexibility index (Phi) is 5.06. The minimum Gasteiger partial charge on any atom is -0.302 e. The van der Waals surface area contributed by atoms with Gasteiger partial charge in [0.25, 0.3) is 5.69 Å². The largest absolute Gasteiger partial charge is 0.302 e. The predicted molar refractivity (Wildman–Crippen MR) is 98.0 cm³/mol. The monoisotopic (exact) mass is 373 g/mol. The van der Waals surface area contributed by atoms with Gasteiger partial charge in [-0.25, -0.2) is 4.98 Å². The van der Waals surface area contributed by atoms with E-state index in [1.807, 2.05) is 0 Å². The van der Waals surface area contributed by atoms with E-state index in [0.29, 0.717) is 21.4 Å². The smallest absolute Gasteiger partial charge is 0.270 e. The van der Waals surface area contributed by atoms with Gasteiger partial charge in [0.05, 0.1) is 17.0 Å². The van der Waals surface area contributed by atoms with Crippen LogP contribution in [0.25, 0.3) is 11.3 Å². The standard InChI is InChI=1S/C17H12ClN3O3S/c18-13-6-4-11(5-7-13)8-16(22)20-17-19-15(10-25-17)12-2-1-3-14(9-12)21(23)24/h1-7,9-10H,8H2,(H,19,20,22). The van der Waals surface area contributed by atoms with E-state index in [-0.39, 0.29) is 18.0 Å². The molecule has 0 aliphatic rings. The van der Waals surface area contributed by atoms with Gasteiger partial charge in [0.15, 0.2) is 5.13 Å². The summed E-state index contributed by atoms with van der Waals surface area (Å²) in [6, 6.07) is 13.3. The molecule has 0 bridgehead atoms. The maximum Gasteiger partial charge on any atom is 0.270 e. The van der Waals surface area contributed by atoms with E-state index in [1.54, 1.807) is 41.8 Å². The highest BCUT2D eigenvalue weighted by Gasteiger charge is 2.11. The van der Waals surface area contributed by atoms with E-state index in [2.05, 4.69) is 10.3 Å². The number of nitro groups is 1. The highest BCUT2D eigenvalue weighted by molar-refractivity contribution is 7.14. The van der Waals surface area contributed by atoms with E-state index in [9.17, 15) is 14.9 Å². The van der Waals surface area contributed by atoms with Crippen LogP contribution in [0.4, 0.5) is 10.8 Å². The number of aromatic nitrogens is 1. The summed E-state index contributed by atoms with van der Waals surface area (Å²) in [5.41, 5.74) is 2.05. The van der Waals surface area contributed by atoms with Crippen LogP contribution in [0.1, 0.15) is 5.56 Å². The SMILES string of the molecule is O=C(Cc1ccc(Cl)cc1)Nc1nc(-c2cccc([N+](=O)[O-])c2)cs1. The number of thiazole rings is 1. The third-order valence-electron chi connectivity index (χ3n) is 3.38. The molecule has 0 unspecified atom stereocenters. The lowest BCUT2D eigenvalue weighted by molar-refractivity contribution is -0.384. The summed E-state index contributed by atoms with van der Waals surface area (Å²) in [6.45, 7) is 0. The zero-order chi connectivity index (χ0) is 17.8. The molecule has 2 aromatic carbocycles. The lowest BCUT2D eigenvalue weighted by Crippen LogP contribution is -2.14. The van der Waals surface area contributed by atoms with Crippen molar-refractivity contribution in [1.29, 1.82) is 0 Å². The number of benzene rings is 2. The average molecular weight is 374 g/mol. The lowest BCUT2D eigenvalue weighted by atomic mass is 10.1. The highest BCUT2D eigenvalue weighted by Crippen LogP contribution is 2.27. The number of anilines is 1. The second-order valence-electron chi connectivity index (χ2n) is 5.20. The molecule has 3 aromatic rings. The maximum atomic E-state index is 12.1. The number of rotatable bonds is 5. The van der Waals surface area contributed by atoms with Crippen molar-refractivity contribution in [2.75, 3.05) is 5.32 Å². The van der Waals surface area contributed by atoms with Crippen LogP contribution in [-0.4, -0.2) is 15.8 Å². The normalized spacial score (nSPS) is 10.4. The Morgan fingerprint density at radius 1 is 1.24 bits per heavy atom. The van der Waals surface area contributed by atoms with E-state index in [0.717, 1.165) is 5.56 Å². The Hall–Kier alpha value is -2.77. The summed E-state index contributed by atoms with van der Waals surface area (Å²) >= 11 is 7.08. The number of amides is 1. The van der Waals surface area contributed by atoms with Crippen molar-refractivity contribution in [2.24, 2.45) is 0 Å². The van der Waals surface area contributed by atoms with Gasteiger partial charge in [0.2, 0.25) is 5.91 Å². The molecule has 0 radical (unpaired) electrons. The molecular formula is C17H12ClN3O3S. The van der Waals surface area contributed by atoms with Gasteiger partial charge in [-0.2, -0.15) is 0 Å². The quantitative estimate of drug-likeness (QED) is 0.525. The molecule has 0 atom stereocenters. The van der Waals surface area contributed by atoms with Gasteiger partial charge in [0, 0.05) is 28.1 Å². The first-order valence-electron chi connectivity index (χ1n) is 7.26. The number of hydrogen-bond donors (Lipinski definition) is 1. The average Bonchev–Trinajstić information content (AvgIpc) is 3.05. The van der Waals surface area contributed by atoms with Crippen molar-refractivity contribution in [3.05, 3.63) is 74.6 Å². The van der Waals surface area contributed by atoms with Crippen LogP contribution >= 0.6 is 22.9 Å². The van der Waals surface area contributed by atoms with Crippen molar-refractivity contribution in [3.8, 4) is 11.3 Å². The zero-order valence-electron chi connectivity index (χ0n) is 12.8. The van der Waals surface area contributed by atoms with Crippen molar-refractivity contribution >= 4 is 39.7 Å². The summed E-state index contributed by atoms with van der Waals surface area (Å²) in [6.07, 6.45) is 0.211. The summed E-state index contributed by atoms with van der Waals surface area (Å²) in [5.74, 6) is -0.192. The molecular weight excluding hydrogens is 362 g/mol. The molecule has 1 aromatic heterocycles. The van der Waals surface area contributed by atoms with Crippen LogP contribution < -0.4 is 5.32 Å². The first-order chi connectivity index (χ1) is 12.0. The molecule has 6 nitrogen and oxygen atoms in total. The van der Waals surface area contributed by atoms with Gasteiger partial charge >= 0.3 is 0 Å². The van der Waals surface area contributed by atoms with Crippen LogP contribution in [0.3, 0.4) is 0 Å². The molecule has 0 fully saturated rings. The molecule has 1 amide bonds. The number of hydrogen-bond acceptors (Lipinski definition) is 5. The zero-order valence-corrected chi connectivity index (χ0v) is 14.4. The number of halogens is 1. The van der Waals surface area contributed by atoms with E-state index < -0.39 is 4.92 Å². The summed E-state index contributed by atoms with van der Waals surface area (Å²) in [4.78, 5) is 26.8. The number of carbonyl (C=O) groups is 1. The highest BCUT2D eigenvalue weighted by atomic mass is 35.5. The van der Waals surface area contributed by atoms with Crippen molar-refractivity contribution in [3.63, 3.8) is 0 Å². The van der Waals surface area contributed by atoms with Gasteiger partial charge in [-0.15, -0.1) is 11.3 Å². The van der Waals surface area contributed by atoms with Gasteiger partial charge < -0.3 is 5.32 Å². The molecule has 126 valence electrons. The number of nitro benzene ring substituents is 1. The van der Waals surface area contributed by atoms with E-state index in [4.69, 9.17) is 11.6 Å². The van der Waals surface area contributed by atoms with Gasteiger partial charge in [-0.1, -0.05) is 35.9 Å². The van der Waals surface area contributed by atoms with Crippen LogP contribution in [-0.2, 0) is 11.2 Å².